The third-order valence-electron chi connectivity index (χ3n) is 4.33. The van der Waals surface area contributed by atoms with E-state index in [-0.39, 0.29) is 36.3 Å². The maximum absolute atomic E-state index is 12.6. The number of piperidine rings is 1. The van der Waals surface area contributed by atoms with Gasteiger partial charge in [-0.2, -0.15) is 8.78 Å². The molecule has 0 spiro atoms. The lowest BCUT2D eigenvalue weighted by molar-refractivity contribution is -0.0504. The molecule has 1 heterocycles. The second-order valence-electron chi connectivity index (χ2n) is 6.71. The first-order valence-corrected chi connectivity index (χ1v) is 9.32. The summed E-state index contributed by atoms with van der Waals surface area (Å²) in [5, 5.41) is 7.00. The van der Waals surface area contributed by atoms with Gasteiger partial charge >= 0.3 is 6.61 Å². The van der Waals surface area contributed by atoms with E-state index in [0.29, 0.717) is 22.6 Å². The average molecular weight is 529 g/mol. The Morgan fingerprint density at radius 2 is 2.07 bits per heavy atom. The van der Waals surface area contributed by atoms with Crippen LogP contribution >= 0.6 is 35.6 Å². The van der Waals surface area contributed by atoms with Crippen LogP contribution in [-0.4, -0.2) is 50.2 Å². The minimum atomic E-state index is -2.88. The van der Waals surface area contributed by atoms with Crippen molar-refractivity contribution in [3.8, 4) is 5.75 Å². The fraction of sp³-hybridized carbons (Fsp3) is 0.526. The Balaban J connectivity index is 0.00000392. The van der Waals surface area contributed by atoms with E-state index in [9.17, 15) is 8.78 Å². The lowest BCUT2D eigenvalue weighted by atomic mass is 10.0. The van der Waals surface area contributed by atoms with Crippen LogP contribution in [0.5, 0.6) is 5.75 Å². The molecule has 1 aliphatic rings. The van der Waals surface area contributed by atoms with Gasteiger partial charge in [0.05, 0.1) is 0 Å². The van der Waals surface area contributed by atoms with Crippen LogP contribution in [0.4, 0.5) is 8.78 Å². The molecule has 0 aliphatic carbocycles. The Bertz CT molecular complexity index is 667. The van der Waals surface area contributed by atoms with Gasteiger partial charge in [0, 0.05) is 49.9 Å². The Morgan fingerprint density at radius 1 is 1.39 bits per heavy atom. The fourth-order valence-corrected chi connectivity index (χ4v) is 3.28. The van der Waals surface area contributed by atoms with Gasteiger partial charge in [-0.15, -0.1) is 24.0 Å². The van der Waals surface area contributed by atoms with E-state index in [1.165, 1.54) is 17.7 Å². The summed E-state index contributed by atoms with van der Waals surface area (Å²) in [6.07, 6.45) is 2.01. The van der Waals surface area contributed by atoms with E-state index in [4.69, 9.17) is 11.6 Å². The quantitative estimate of drug-likeness (QED) is 0.240. The summed E-state index contributed by atoms with van der Waals surface area (Å²) < 4.78 is 29.7. The number of hydrogen-bond donors (Lipinski definition) is 2. The van der Waals surface area contributed by atoms with E-state index < -0.39 is 6.61 Å². The van der Waals surface area contributed by atoms with Gasteiger partial charge in [-0.05, 0) is 38.0 Å². The Hall–Kier alpha value is -1.13. The Kier molecular flexibility index (Phi) is 11.1. The highest BCUT2D eigenvalue weighted by Crippen LogP contribution is 2.24. The number of nitrogens with one attached hydrogen (secondary N) is 2. The number of benzene rings is 1. The predicted octanol–water partition coefficient (Wildman–Crippen LogP) is 4.26. The molecule has 1 aromatic carbocycles. The first-order valence-electron chi connectivity index (χ1n) is 8.94. The van der Waals surface area contributed by atoms with E-state index in [1.807, 2.05) is 6.92 Å². The minimum Gasteiger partial charge on any atom is -0.434 e. The van der Waals surface area contributed by atoms with Crippen molar-refractivity contribution in [2.75, 3.05) is 26.7 Å². The van der Waals surface area contributed by atoms with Crippen LogP contribution in [0.25, 0.3) is 0 Å². The normalized spacial score (nSPS) is 15.9. The first-order chi connectivity index (χ1) is 12.9. The van der Waals surface area contributed by atoms with Gasteiger partial charge < -0.3 is 15.4 Å². The van der Waals surface area contributed by atoms with Crippen LogP contribution in [0.15, 0.2) is 35.3 Å². The third-order valence-corrected chi connectivity index (χ3v) is 4.57. The maximum atomic E-state index is 12.6. The third kappa shape index (κ3) is 8.48. The van der Waals surface area contributed by atoms with Crippen molar-refractivity contribution in [2.45, 2.75) is 39.0 Å². The largest absolute Gasteiger partial charge is 0.434 e. The topological polar surface area (TPSA) is 48.9 Å². The van der Waals surface area contributed by atoms with Gasteiger partial charge in [-0.1, -0.05) is 23.8 Å². The van der Waals surface area contributed by atoms with Gasteiger partial charge in [-0.25, -0.2) is 0 Å². The molecule has 0 radical (unpaired) electrons. The molecule has 2 rings (SSSR count). The van der Waals surface area contributed by atoms with Gasteiger partial charge in [0.2, 0.25) is 0 Å². The molecule has 1 fully saturated rings. The summed E-state index contributed by atoms with van der Waals surface area (Å²) in [6.45, 7) is 6.33. The summed E-state index contributed by atoms with van der Waals surface area (Å²) >= 11 is 5.98. The molecule has 1 aromatic rings. The number of hydrogen-bond acceptors (Lipinski definition) is 3. The fourth-order valence-electron chi connectivity index (χ4n) is 3.08. The van der Waals surface area contributed by atoms with Crippen molar-refractivity contribution in [1.29, 1.82) is 0 Å². The average Bonchev–Trinajstić information content (AvgIpc) is 2.61. The van der Waals surface area contributed by atoms with Crippen molar-refractivity contribution in [3.05, 3.63) is 40.9 Å². The second-order valence-corrected chi connectivity index (χ2v) is 7.14. The molecule has 0 saturated carbocycles. The zero-order valence-electron chi connectivity index (χ0n) is 16.2. The highest BCUT2D eigenvalue weighted by molar-refractivity contribution is 14.0. The van der Waals surface area contributed by atoms with Crippen LogP contribution in [0.3, 0.4) is 0 Å². The summed E-state index contributed by atoms with van der Waals surface area (Å²) in [6, 6.07) is 4.89. The summed E-state index contributed by atoms with van der Waals surface area (Å²) in [7, 11) is 1.68. The van der Waals surface area contributed by atoms with Crippen molar-refractivity contribution in [1.82, 2.24) is 15.5 Å². The maximum Gasteiger partial charge on any atom is 0.387 e. The molecule has 0 amide bonds. The van der Waals surface area contributed by atoms with E-state index in [1.54, 1.807) is 13.1 Å². The van der Waals surface area contributed by atoms with Crippen LogP contribution in [0.2, 0.25) is 5.02 Å². The summed E-state index contributed by atoms with van der Waals surface area (Å²) in [5.74, 6) is 0.724. The number of ether oxygens (including phenoxy) is 1. The standard InChI is InChI=1S/C19H27ClF2N4O.HI/c1-13(2)12-26-8-6-16(7-9-26)25-19(23-3)24-11-14-10-15(20)4-5-17(14)27-18(21)22;/h4-5,10,16,18H,1,6-9,11-12H2,2-3H3,(H2,23,24,25);1H. The van der Waals surface area contributed by atoms with Crippen LogP contribution < -0.4 is 15.4 Å². The predicted molar refractivity (Wildman–Crippen MR) is 121 cm³/mol. The highest BCUT2D eigenvalue weighted by atomic mass is 127. The first kappa shape index (κ1) is 24.9. The zero-order valence-corrected chi connectivity index (χ0v) is 19.3. The molecular formula is C19H28ClF2IN4O. The van der Waals surface area contributed by atoms with Gasteiger partial charge in [-0.3, -0.25) is 9.89 Å². The molecule has 5 nitrogen and oxygen atoms in total. The van der Waals surface area contributed by atoms with E-state index >= 15 is 0 Å². The molecule has 0 atom stereocenters. The van der Waals surface area contributed by atoms with E-state index in [0.717, 1.165) is 32.5 Å². The number of likely N-dealkylation sites (tertiary alicyclic amines) is 1. The van der Waals surface area contributed by atoms with Crippen molar-refractivity contribution in [2.24, 2.45) is 4.99 Å². The lowest BCUT2D eigenvalue weighted by Gasteiger charge is -2.33. The van der Waals surface area contributed by atoms with Gasteiger partial charge in [0.1, 0.15) is 5.75 Å². The van der Waals surface area contributed by atoms with Gasteiger partial charge in [0.15, 0.2) is 5.96 Å². The van der Waals surface area contributed by atoms with E-state index in [2.05, 4.69) is 31.8 Å². The number of alkyl halides is 2. The summed E-state index contributed by atoms with van der Waals surface area (Å²) in [5.41, 5.74) is 1.71. The minimum absolute atomic E-state index is 0. The van der Waals surface area contributed by atoms with Crippen molar-refractivity contribution in [3.63, 3.8) is 0 Å². The number of guanidine groups is 1. The highest BCUT2D eigenvalue weighted by Gasteiger charge is 2.20. The molecular weight excluding hydrogens is 501 g/mol. The molecule has 0 aromatic heterocycles. The van der Waals surface area contributed by atoms with Crippen molar-refractivity contribution >= 4 is 41.5 Å². The van der Waals surface area contributed by atoms with Crippen LogP contribution in [-0.2, 0) is 6.54 Å². The molecule has 1 aliphatic heterocycles. The molecule has 9 heteroatoms. The second kappa shape index (κ2) is 12.4. The molecule has 1 saturated heterocycles. The number of aliphatic imine (C=N–C) groups is 1. The van der Waals surface area contributed by atoms with Crippen LogP contribution in [0, 0.1) is 0 Å². The summed E-state index contributed by atoms with van der Waals surface area (Å²) in [4.78, 5) is 6.61. The molecule has 2 N–H and O–H groups in total. The molecule has 0 bridgehead atoms. The zero-order chi connectivity index (χ0) is 19.8. The molecule has 0 unspecified atom stereocenters. The number of halogens is 4. The monoisotopic (exact) mass is 528 g/mol. The smallest absolute Gasteiger partial charge is 0.387 e. The lowest BCUT2D eigenvalue weighted by Crippen LogP contribution is -2.48. The Morgan fingerprint density at radius 3 is 2.64 bits per heavy atom. The molecule has 158 valence electrons. The number of rotatable bonds is 7. The van der Waals surface area contributed by atoms with Crippen molar-refractivity contribution < 1.29 is 13.5 Å². The van der Waals surface area contributed by atoms with Gasteiger partial charge in [0.25, 0.3) is 0 Å². The SMILES string of the molecule is C=C(C)CN1CCC(NC(=NC)NCc2cc(Cl)ccc2OC(F)F)CC1.I. The molecule has 28 heavy (non-hydrogen) atoms. The number of nitrogens with zero attached hydrogens (tertiary/aromatic N) is 2. The Labute approximate surface area is 187 Å². The van der Waals surface area contributed by atoms with Crippen LogP contribution in [0.1, 0.15) is 25.3 Å².